The van der Waals surface area contributed by atoms with E-state index in [9.17, 15) is 4.79 Å². The number of ether oxygens (including phenoxy) is 1. The highest BCUT2D eigenvalue weighted by atomic mass is 35.5. The minimum absolute atomic E-state index is 0.120. The number of aromatic nitrogens is 2. The molecule has 0 unspecified atom stereocenters. The third kappa shape index (κ3) is 5.59. The van der Waals surface area contributed by atoms with E-state index in [-0.39, 0.29) is 11.7 Å². The van der Waals surface area contributed by atoms with Gasteiger partial charge in [0.2, 0.25) is 11.0 Å². The van der Waals surface area contributed by atoms with Gasteiger partial charge in [-0.25, -0.2) is 0 Å². The monoisotopic (exact) mass is 420 g/mol. The van der Waals surface area contributed by atoms with Crippen molar-refractivity contribution in [3.8, 4) is 5.75 Å². The standard InChI is InChI=1S/C18H17ClN4O2S2/c1-11-3-4-12(19)9-15(11)21-16(24)10-26-18-23-22-17(27-18)20-13-5-7-14(25-2)8-6-13/h3-9H,10H2,1-2H3,(H,20,22)(H,21,24). The number of thioether (sulfide) groups is 1. The van der Waals surface area contributed by atoms with Gasteiger partial charge in [-0.2, -0.15) is 0 Å². The Kier molecular flexibility index (Phi) is 6.54. The lowest BCUT2D eigenvalue weighted by Crippen LogP contribution is -2.14. The van der Waals surface area contributed by atoms with Crippen LogP contribution in [0.3, 0.4) is 0 Å². The van der Waals surface area contributed by atoms with Gasteiger partial charge in [-0.1, -0.05) is 40.8 Å². The molecule has 0 aliphatic heterocycles. The number of anilines is 3. The summed E-state index contributed by atoms with van der Waals surface area (Å²) >= 11 is 8.70. The molecule has 6 nitrogen and oxygen atoms in total. The summed E-state index contributed by atoms with van der Waals surface area (Å²) in [4.78, 5) is 12.2. The van der Waals surface area contributed by atoms with E-state index in [1.54, 1.807) is 19.2 Å². The first-order chi connectivity index (χ1) is 13.0. The smallest absolute Gasteiger partial charge is 0.234 e. The number of carbonyl (C=O) groups excluding carboxylic acids is 1. The van der Waals surface area contributed by atoms with Gasteiger partial charge in [0.05, 0.1) is 12.9 Å². The summed E-state index contributed by atoms with van der Waals surface area (Å²) in [5, 5.41) is 15.5. The zero-order valence-electron chi connectivity index (χ0n) is 14.7. The van der Waals surface area contributed by atoms with Gasteiger partial charge in [0.15, 0.2) is 4.34 Å². The molecular weight excluding hydrogens is 404 g/mol. The van der Waals surface area contributed by atoms with Crippen molar-refractivity contribution in [1.82, 2.24) is 10.2 Å². The second-order valence-corrected chi connectivity index (χ2v) is 8.16. The molecular formula is C18H17ClN4O2S2. The molecule has 0 aliphatic carbocycles. The number of carbonyl (C=O) groups is 1. The Hall–Kier alpha value is -2.29. The van der Waals surface area contributed by atoms with Crippen molar-refractivity contribution < 1.29 is 9.53 Å². The SMILES string of the molecule is COc1ccc(Nc2nnc(SCC(=O)Nc3cc(Cl)ccc3C)s2)cc1. The van der Waals surface area contributed by atoms with Gasteiger partial charge in [-0.3, -0.25) is 4.79 Å². The Morgan fingerprint density at radius 1 is 1.22 bits per heavy atom. The maximum absolute atomic E-state index is 12.2. The zero-order valence-corrected chi connectivity index (χ0v) is 17.0. The molecule has 0 bridgehead atoms. The Labute approximate surface area is 170 Å². The molecule has 9 heteroatoms. The van der Waals surface area contributed by atoms with Gasteiger partial charge in [0.25, 0.3) is 0 Å². The van der Waals surface area contributed by atoms with Gasteiger partial charge >= 0.3 is 0 Å². The Morgan fingerprint density at radius 2 is 2.00 bits per heavy atom. The molecule has 0 aliphatic rings. The van der Waals surface area contributed by atoms with E-state index >= 15 is 0 Å². The van der Waals surface area contributed by atoms with Gasteiger partial charge in [-0.15, -0.1) is 10.2 Å². The fourth-order valence-electron chi connectivity index (χ4n) is 2.16. The molecule has 0 spiro atoms. The molecule has 3 rings (SSSR count). The minimum Gasteiger partial charge on any atom is -0.497 e. The van der Waals surface area contributed by atoms with Crippen LogP contribution in [-0.2, 0) is 4.79 Å². The molecule has 1 heterocycles. The normalized spacial score (nSPS) is 10.5. The summed E-state index contributed by atoms with van der Waals surface area (Å²) < 4.78 is 5.84. The van der Waals surface area contributed by atoms with Crippen LogP contribution >= 0.6 is 34.7 Å². The highest BCUT2D eigenvalue weighted by Crippen LogP contribution is 2.28. The first-order valence-electron chi connectivity index (χ1n) is 7.97. The number of benzene rings is 2. The summed E-state index contributed by atoms with van der Waals surface area (Å²) in [5.41, 5.74) is 2.56. The second-order valence-electron chi connectivity index (χ2n) is 5.52. The van der Waals surface area contributed by atoms with Crippen molar-refractivity contribution in [2.75, 3.05) is 23.5 Å². The summed E-state index contributed by atoms with van der Waals surface area (Å²) in [6.07, 6.45) is 0. The van der Waals surface area contributed by atoms with Gasteiger partial charge in [0, 0.05) is 16.4 Å². The third-order valence-electron chi connectivity index (χ3n) is 3.55. The highest BCUT2D eigenvalue weighted by molar-refractivity contribution is 8.01. The predicted molar refractivity (Wildman–Crippen MR) is 112 cm³/mol. The van der Waals surface area contributed by atoms with E-state index in [0.29, 0.717) is 20.2 Å². The van der Waals surface area contributed by atoms with Crippen molar-refractivity contribution in [3.63, 3.8) is 0 Å². The van der Waals surface area contributed by atoms with Crippen molar-refractivity contribution in [1.29, 1.82) is 0 Å². The zero-order chi connectivity index (χ0) is 19.2. The predicted octanol–water partition coefficient (Wildman–Crippen LogP) is 4.98. The van der Waals surface area contributed by atoms with Crippen LogP contribution in [0, 0.1) is 6.92 Å². The van der Waals surface area contributed by atoms with Crippen LogP contribution in [0.2, 0.25) is 5.02 Å². The summed E-state index contributed by atoms with van der Waals surface area (Å²) in [5.74, 6) is 0.906. The number of hydrogen-bond donors (Lipinski definition) is 2. The van der Waals surface area contributed by atoms with Crippen LogP contribution in [0.4, 0.5) is 16.5 Å². The van der Waals surface area contributed by atoms with Crippen LogP contribution in [0.25, 0.3) is 0 Å². The van der Waals surface area contributed by atoms with E-state index < -0.39 is 0 Å². The summed E-state index contributed by atoms with van der Waals surface area (Å²) in [6.45, 7) is 1.92. The van der Waals surface area contributed by atoms with Crippen LogP contribution in [0.5, 0.6) is 5.75 Å². The Bertz CT molecular complexity index is 931. The molecule has 27 heavy (non-hydrogen) atoms. The van der Waals surface area contributed by atoms with E-state index in [1.807, 2.05) is 37.3 Å². The number of aryl methyl sites for hydroxylation is 1. The quantitative estimate of drug-likeness (QED) is 0.525. The van der Waals surface area contributed by atoms with E-state index in [0.717, 1.165) is 17.0 Å². The van der Waals surface area contributed by atoms with Crippen molar-refractivity contribution >= 4 is 57.1 Å². The third-order valence-corrected chi connectivity index (χ3v) is 5.76. The Balaban J connectivity index is 1.52. The second kappa shape index (κ2) is 9.07. The van der Waals surface area contributed by atoms with Gasteiger partial charge < -0.3 is 15.4 Å². The van der Waals surface area contributed by atoms with Gasteiger partial charge in [-0.05, 0) is 48.9 Å². The molecule has 2 N–H and O–H groups in total. The molecule has 0 fully saturated rings. The maximum Gasteiger partial charge on any atom is 0.234 e. The van der Waals surface area contributed by atoms with Gasteiger partial charge in [0.1, 0.15) is 5.75 Å². The molecule has 0 radical (unpaired) electrons. The molecule has 2 aromatic carbocycles. The number of nitrogens with one attached hydrogen (secondary N) is 2. The molecule has 1 aromatic heterocycles. The lowest BCUT2D eigenvalue weighted by molar-refractivity contribution is -0.113. The number of rotatable bonds is 7. The average Bonchev–Trinajstić information content (AvgIpc) is 3.11. The molecule has 0 atom stereocenters. The Morgan fingerprint density at radius 3 is 2.74 bits per heavy atom. The van der Waals surface area contributed by atoms with E-state index in [2.05, 4.69) is 20.8 Å². The number of amides is 1. The van der Waals surface area contributed by atoms with Crippen molar-refractivity contribution in [2.45, 2.75) is 11.3 Å². The average molecular weight is 421 g/mol. The molecule has 0 saturated carbocycles. The first-order valence-corrected chi connectivity index (χ1v) is 10.1. The highest BCUT2D eigenvalue weighted by Gasteiger charge is 2.10. The summed E-state index contributed by atoms with van der Waals surface area (Å²) in [6, 6.07) is 12.9. The molecule has 0 saturated heterocycles. The van der Waals surface area contributed by atoms with Crippen molar-refractivity contribution in [3.05, 3.63) is 53.1 Å². The maximum atomic E-state index is 12.2. The van der Waals surface area contributed by atoms with E-state index in [4.69, 9.17) is 16.3 Å². The number of halogens is 1. The molecule has 3 aromatic rings. The van der Waals surface area contributed by atoms with Crippen LogP contribution in [0.15, 0.2) is 46.8 Å². The summed E-state index contributed by atoms with van der Waals surface area (Å²) in [7, 11) is 1.63. The van der Waals surface area contributed by atoms with Crippen LogP contribution in [0.1, 0.15) is 5.56 Å². The lowest BCUT2D eigenvalue weighted by atomic mass is 10.2. The topological polar surface area (TPSA) is 76.1 Å². The first kappa shape index (κ1) is 19.5. The largest absolute Gasteiger partial charge is 0.497 e. The fourth-order valence-corrected chi connectivity index (χ4v) is 3.90. The molecule has 140 valence electrons. The number of hydrogen-bond acceptors (Lipinski definition) is 7. The van der Waals surface area contributed by atoms with Crippen LogP contribution < -0.4 is 15.4 Å². The number of methoxy groups -OCH3 is 1. The lowest BCUT2D eigenvalue weighted by Gasteiger charge is -2.08. The fraction of sp³-hybridized carbons (Fsp3) is 0.167. The van der Waals surface area contributed by atoms with Crippen molar-refractivity contribution in [2.24, 2.45) is 0 Å². The molecule has 1 amide bonds. The van der Waals surface area contributed by atoms with Crippen LogP contribution in [-0.4, -0.2) is 29.0 Å². The van der Waals surface area contributed by atoms with E-state index in [1.165, 1.54) is 23.1 Å². The number of nitrogens with zero attached hydrogens (tertiary/aromatic N) is 2. The minimum atomic E-state index is -0.120.